The minimum atomic E-state index is -0.770. The lowest BCUT2D eigenvalue weighted by molar-refractivity contribution is -0.125. The molecule has 0 spiro atoms. The van der Waals surface area contributed by atoms with Gasteiger partial charge < -0.3 is 5.32 Å². The fourth-order valence-electron chi connectivity index (χ4n) is 1.23. The van der Waals surface area contributed by atoms with Gasteiger partial charge in [-0.2, -0.15) is 0 Å². The van der Waals surface area contributed by atoms with Crippen molar-refractivity contribution >= 4 is 29.1 Å². The SMILES string of the molecule is O=C1CC(NC(=O)c2nccs2)C(=O)N1. The third kappa shape index (κ3) is 2.01. The molecule has 1 saturated heterocycles. The molecular formula is C8H7N3O3S. The van der Waals surface area contributed by atoms with Gasteiger partial charge in [0, 0.05) is 11.6 Å². The Bertz CT molecular complexity index is 415. The van der Waals surface area contributed by atoms with Crippen molar-refractivity contribution in [2.75, 3.05) is 0 Å². The number of hydrogen-bond acceptors (Lipinski definition) is 5. The number of nitrogens with one attached hydrogen (secondary N) is 2. The molecule has 0 saturated carbocycles. The first-order valence-corrected chi connectivity index (χ1v) is 5.09. The van der Waals surface area contributed by atoms with Crippen LogP contribution in [0.25, 0.3) is 0 Å². The van der Waals surface area contributed by atoms with Gasteiger partial charge in [-0.15, -0.1) is 11.3 Å². The highest BCUT2D eigenvalue weighted by atomic mass is 32.1. The van der Waals surface area contributed by atoms with E-state index in [1.165, 1.54) is 17.5 Å². The molecule has 0 aliphatic carbocycles. The molecule has 0 bridgehead atoms. The lowest BCUT2D eigenvalue weighted by Crippen LogP contribution is -2.40. The van der Waals surface area contributed by atoms with E-state index in [9.17, 15) is 14.4 Å². The van der Waals surface area contributed by atoms with Crippen LogP contribution >= 0.6 is 11.3 Å². The van der Waals surface area contributed by atoms with E-state index in [2.05, 4.69) is 15.6 Å². The van der Waals surface area contributed by atoms with Crippen LogP contribution in [-0.2, 0) is 9.59 Å². The van der Waals surface area contributed by atoms with Crippen LogP contribution in [0.5, 0.6) is 0 Å². The molecule has 3 amide bonds. The zero-order valence-electron chi connectivity index (χ0n) is 7.52. The number of carbonyl (C=O) groups excluding carboxylic acids is 3. The lowest BCUT2D eigenvalue weighted by atomic mass is 10.2. The monoisotopic (exact) mass is 225 g/mol. The Morgan fingerprint density at radius 1 is 1.60 bits per heavy atom. The van der Waals surface area contributed by atoms with E-state index in [1.54, 1.807) is 5.38 Å². The largest absolute Gasteiger partial charge is 0.338 e. The summed E-state index contributed by atoms with van der Waals surface area (Å²) >= 11 is 1.18. The van der Waals surface area contributed by atoms with Crippen LogP contribution in [0.1, 0.15) is 16.2 Å². The predicted molar refractivity (Wildman–Crippen MR) is 51.1 cm³/mol. The Labute approximate surface area is 88.7 Å². The molecule has 0 radical (unpaired) electrons. The average molecular weight is 225 g/mol. The lowest BCUT2D eigenvalue weighted by Gasteiger charge is -2.06. The first-order valence-electron chi connectivity index (χ1n) is 4.21. The average Bonchev–Trinajstić information content (AvgIpc) is 2.76. The number of rotatable bonds is 2. The Kier molecular flexibility index (Phi) is 2.46. The maximum absolute atomic E-state index is 11.5. The van der Waals surface area contributed by atoms with Crippen LogP contribution in [0.15, 0.2) is 11.6 Å². The van der Waals surface area contributed by atoms with Crippen LogP contribution in [0.3, 0.4) is 0 Å². The van der Waals surface area contributed by atoms with E-state index in [-0.39, 0.29) is 17.3 Å². The Balaban J connectivity index is 2.01. The molecule has 2 rings (SSSR count). The topological polar surface area (TPSA) is 88.2 Å². The number of hydrogen-bond donors (Lipinski definition) is 2. The molecule has 2 heterocycles. The van der Waals surface area contributed by atoms with Gasteiger partial charge in [0.15, 0.2) is 5.01 Å². The summed E-state index contributed by atoms with van der Waals surface area (Å²) in [5.41, 5.74) is 0. The predicted octanol–water partition coefficient (Wildman–Crippen LogP) is -0.712. The quantitative estimate of drug-likeness (QED) is 0.651. The molecule has 15 heavy (non-hydrogen) atoms. The molecule has 2 N–H and O–H groups in total. The molecule has 78 valence electrons. The van der Waals surface area contributed by atoms with Gasteiger partial charge in [-0.1, -0.05) is 0 Å². The summed E-state index contributed by atoms with van der Waals surface area (Å²) in [7, 11) is 0. The van der Waals surface area contributed by atoms with Gasteiger partial charge in [0.05, 0.1) is 6.42 Å². The highest BCUT2D eigenvalue weighted by molar-refractivity contribution is 7.11. The molecule has 1 aromatic rings. The second-order valence-electron chi connectivity index (χ2n) is 2.98. The van der Waals surface area contributed by atoms with E-state index < -0.39 is 17.9 Å². The highest BCUT2D eigenvalue weighted by Gasteiger charge is 2.32. The van der Waals surface area contributed by atoms with E-state index in [4.69, 9.17) is 0 Å². The van der Waals surface area contributed by atoms with Gasteiger partial charge in [0.1, 0.15) is 6.04 Å². The van der Waals surface area contributed by atoms with Gasteiger partial charge in [-0.05, 0) is 0 Å². The fraction of sp³-hybridized carbons (Fsp3) is 0.250. The molecule has 7 heteroatoms. The third-order valence-corrected chi connectivity index (χ3v) is 2.67. The zero-order valence-corrected chi connectivity index (χ0v) is 8.34. The van der Waals surface area contributed by atoms with Crippen molar-refractivity contribution in [3.63, 3.8) is 0 Å². The number of amides is 3. The second kappa shape index (κ2) is 3.77. The van der Waals surface area contributed by atoms with E-state index in [0.29, 0.717) is 0 Å². The Morgan fingerprint density at radius 2 is 2.40 bits per heavy atom. The van der Waals surface area contributed by atoms with Crippen molar-refractivity contribution in [2.24, 2.45) is 0 Å². The summed E-state index contributed by atoms with van der Waals surface area (Å²) in [6.07, 6.45) is 1.50. The van der Waals surface area contributed by atoms with Gasteiger partial charge in [-0.3, -0.25) is 19.7 Å². The van der Waals surface area contributed by atoms with E-state index >= 15 is 0 Å². The molecule has 1 aromatic heterocycles. The molecule has 1 atom stereocenters. The summed E-state index contributed by atoms with van der Waals surface area (Å²) in [4.78, 5) is 37.2. The highest BCUT2D eigenvalue weighted by Crippen LogP contribution is 2.06. The van der Waals surface area contributed by atoms with Gasteiger partial charge in [0.25, 0.3) is 5.91 Å². The van der Waals surface area contributed by atoms with Crippen LogP contribution in [0.4, 0.5) is 0 Å². The van der Waals surface area contributed by atoms with Crippen molar-refractivity contribution in [3.8, 4) is 0 Å². The molecular weight excluding hydrogens is 218 g/mol. The number of imide groups is 1. The van der Waals surface area contributed by atoms with Crippen molar-refractivity contribution < 1.29 is 14.4 Å². The molecule has 1 aliphatic heterocycles. The minimum absolute atomic E-state index is 0.00402. The maximum atomic E-state index is 11.5. The van der Waals surface area contributed by atoms with Crippen LogP contribution < -0.4 is 10.6 Å². The van der Waals surface area contributed by atoms with Crippen LogP contribution in [-0.4, -0.2) is 28.7 Å². The third-order valence-electron chi connectivity index (χ3n) is 1.90. The number of carbonyl (C=O) groups is 3. The number of nitrogens with zero attached hydrogens (tertiary/aromatic N) is 1. The van der Waals surface area contributed by atoms with Gasteiger partial charge in [0.2, 0.25) is 11.8 Å². The van der Waals surface area contributed by atoms with Crippen molar-refractivity contribution in [1.82, 2.24) is 15.6 Å². The van der Waals surface area contributed by atoms with Crippen molar-refractivity contribution in [1.29, 1.82) is 0 Å². The standard InChI is InChI=1S/C8H7N3O3S/c12-5-3-4(6(13)11-5)10-7(14)8-9-1-2-15-8/h1-2,4H,3H2,(H,10,14)(H,11,12,13). The Morgan fingerprint density at radius 3 is 2.93 bits per heavy atom. The molecule has 0 aromatic carbocycles. The Hall–Kier alpha value is -1.76. The normalized spacial score (nSPS) is 20.1. The van der Waals surface area contributed by atoms with Gasteiger partial charge in [-0.25, -0.2) is 4.98 Å². The first-order chi connectivity index (χ1) is 7.16. The molecule has 1 fully saturated rings. The van der Waals surface area contributed by atoms with E-state index in [0.717, 1.165) is 0 Å². The van der Waals surface area contributed by atoms with Crippen LogP contribution in [0, 0.1) is 0 Å². The van der Waals surface area contributed by atoms with Crippen LogP contribution in [0.2, 0.25) is 0 Å². The molecule has 1 aliphatic rings. The smallest absolute Gasteiger partial charge is 0.280 e. The first kappa shape index (κ1) is 9.78. The zero-order chi connectivity index (χ0) is 10.8. The summed E-state index contributed by atoms with van der Waals surface area (Å²) in [6.45, 7) is 0. The number of aromatic nitrogens is 1. The molecule has 6 nitrogen and oxygen atoms in total. The van der Waals surface area contributed by atoms with Crippen molar-refractivity contribution in [3.05, 3.63) is 16.6 Å². The summed E-state index contributed by atoms with van der Waals surface area (Å²) < 4.78 is 0. The fourth-order valence-corrected chi connectivity index (χ4v) is 1.76. The number of thiazole rings is 1. The van der Waals surface area contributed by atoms with Crippen molar-refractivity contribution in [2.45, 2.75) is 12.5 Å². The maximum Gasteiger partial charge on any atom is 0.280 e. The second-order valence-corrected chi connectivity index (χ2v) is 3.87. The summed E-state index contributed by atoms with van der Waals surface area (Å²) in [5, 5.41) is 6.49. The van der Waals surface area contributed by atoms with E-state index in [1.807, 2.05) is 0 Å². The summed E-state index contributed by atoms with van der Waals surface area (Å²) in [5.74, 6) is -1.27. The summed E-state index contributed by atoms with van der Waals surface area (Å²) in [6, 6.07) is -0.770. The van der Waals surface area contributed by atoms with Gasteiger partial charge >= 0.3 is 0 Å². The molecule has 1 unspecified atom stereocenters. The minimum Gasteiger partial charge on any atom is -0.338 e.